The molecule has 2 nitrogen and oxygen atoms in total. The van der Waals surface area contributed by atoms with Crippen LogP contribution in [0.3, 0.4) is 0 Å². The Kier molecular flexibility index (Phi) is 15.0. The maximum atomic E-state index is 10.4. The first kappa shape index (κ1) is 20.2. The minimum absolute atomic E-state index is 0.309. The van der Waals surface area contributed by atoms with Gasteiger partial charge in [0.25, 0.3) is 0 Å². The molecule has 0 amide bonds. The Bertz CT molecular complexity index is 258. The van der Waals surface area contributed by atoms with Gasteiger partial charge < -0.3 is 5.11 Å². The summed E-state index contributed by atoms with van der Waals surface area (Å²) in [5.41, 5.74) is 0. The van der Waals surface area contributed by atoms with E-state index in [0.717, 1.165) is 25.2 Å². The average Bonchev–Trinajstić information content (AvgIpc) is 2.45. The molecule has 0 saturated heterocycles. The number of rotatable bonds is 15. The quantitative estimate of drug-likeness (QED) is 0.282. The summed E-state index contributed by atoms with van der Waals surface area (Å²) in [6, 6.07) is 0. The fourth-order valence-corrected chi connectivity index (χ4v) is 2.57. The Balaban J connectivity index is 3.28. The van der Waals surface area contributed by atoms with Crippen LogP contribution in [0.4, 0.5) is 0 Å². The van der Waals surface area contributed by atoms with Gasteiger partial charge in [0, 0.05) is 6.42 Å². The van der Waals surface area contributed by atoms with Crippen molar-refractivity contribution < 1.29 is 9.90 Å². The maximum Gasteiger partial charge on any atom is 0.303 e. The van der Waals surface area contributed by atoms with E-state index >= 15 is 0 Å². The van der Waals surface area contributed by atoms with Crippen LogP contribution in [0.2, 0.25) is 0 Å². The van der Waals surface area contributed by atoms with Crippen molar-refractivity contribution in [3.05, 3.63) is 12.2 Å². The first-order chi connectivity index (χ1) is 10.2. The van der Waals surface area contributed by atoms with Crippen LogP contribution in [0.25, 0.3) is 0 Å². The molecule has 0 saturated carbocycles. The monoisotopic (exact) mass is 296 g/mol. The summed E-state index contributed by atoms with van der Waals surface area (Å²) in [5.74, 6) is 0.162. The molecule has 0 spiro atoms. The van der Waals surface area contributed by atoms with Crippen LogP contribution in [0.1, 0.15) is 97.3 Å². The van der Waals surface area contributed by atoms with E-state index in [-0.39, 0.29) is 0 Å². The molecule has 0 aliphatic heterocycles. The Morgan fingerprint density at radius 1 is 0.905 bits per heavy atom. The van der Waals surface area contributed by atoms with E-state index in [1.807, 2.05) is 0 Å². The van der Waals surface area contributed by atoms with Crippen LogP contribution in [-0.4, -0.2) is 11.1 Å². The van der Waals surface area contributed by atoms with Crippen molar-refractivity contribution >= 4 is 5.97 Å². The second kappa shape index (κ2) is 15.6. The van der Waals surface area contributed by atoms with Gasteiger partial charge in [-0.25, -0.2) is 0 Å². The van der Waals surface area contributed by atoms with E-state index in [1.165, 1.54) is 57.8 Å². The van der Waals surface area contributed by atoms with E-state index in [1.54, 1.807) is 0 Å². The third-order valence-electron chi connectivity index (χ3n) is 4.05. The largest absolute Gasteiger partial charge is 0.481 e. The molecule has 0 aromatic heterocycles. The molecule has 0 aromatic rings. The topological polar surface area (TPSA) is 37.3 Å². The smallest absolute Gasteiger partial charge is 0.303 e. The van der Waals surface area contributed by atoms with Crippen molar-refractivity contribution in [3.8, 4) is 0 Å². The molecular formula is C19H36O2. The zero-order chi connectivity index (χ0) is 15.8. The lowest BCUT2D eigenvalue weighted by atomic mass is 9.97. The highest BCUT2D eigenvalue weighted by Gasteiger charge is 2.00. The van der Waals surface area contributed by atoms with Gasteiger partial charge in [0.1, 0.15) is 0 Å². The molecular weight excluding hydrogens is 260 g/mol. The van der Waals surface area contributed by atoms with Gasteiger partial charge >= 0.3 is 5.97 Å². The number of hydrogen-bond donors (Lipinski definition) is 1. The number of carbonyl (C=O) groups is 1. The molecule has 21 heavy (non-hydrogen) atoms. The lowest BCUT2D eigenvalue weighted by molar-refractivity contribution is -0.137. The summed E-state index contributed by atoms with van der Waals surface area (Å²) in [6.45, 7) is 4.63. The number of aliphatic carboxylic acids is 1. The Hall–Kier alpha value is -0.790. The highest BCUT2D eigenvalue weighted by molar-refractivity contribution is 5.66. The molecule has 0 rings (SSSR count). The van der Waals surface area contributed by atoms with Gasteiger partial charge in [0.15, 0.2) is 0 Å². The van der Waals surface area contributed by atoms with E-state index < -0.39 is 5.97 Å². The van der Waals surface area contributed by atoms with Gasteiger partial charge in [-0.1, -0.05) is 70.9 Å². The highest BCUT2D eigenvalue weighted by Crippen LogP contribution is 2.16. The van der Waals surface area contributed by atoms with Crippen molar-refractivity contribution in [2.45, 2.75) is 97.3 Å². The minimum atomic E-state index is -0.678. The third-order valence-corrected chi connectivity index (χ3v) is 4.05. The summed E-state index contributed by atoms with van der Waals surface area (Å²) >= 11 is 0. The van der Waals surface area contributed by atoms with Crippen molar-refractivity contribution in [2.75, 3.05) is 0 Å². The first-order valence-electron chi connectivity index (χ1n) is 9.03. The molecule has 0 bridgehead atoms. The Morgan fingerprint density at radius 2 is 1.57 bits per heavy atom. The van der Waals surface area contributed by atoms with Crippen molar-refractivity contribution in [3.63, 3.8) is 0 Å². The molecule has 0 aromatic carbocycles. The molecule has 0 heterocycles. The molecule has 0 aliphatic rings. The van der Waals surface area contributed by atoms with Gasteiger partial charge in [-0.3, -0.25) is 4.79 Å². The zero-order valence-electron chi connectivity index (χ0n) is 14.3. The molecule has 0 radical (unpaired) electrons. The predicted octanol–water partition coefficient (Wildman–Crippen LogP) is 6.35. The molecule has 0 aliphatic carbocycles. The van der Waals surface area contributed by atoms with Crippen LogP contribution in [0.5, 0.6) is 0 Å². The molecule has 1 atom stereocenters. The highest BCUT2D eigenvalue weighted by atomic mass is 16.4. The van der Waals surface area contributed by atoms with Gasteiger partial charge in [0.2, 0.25) is 0 Å². The van der Waals surface area contributed by atoms with Crippen LogP contribution in [0.15, 0.2) is 12.2 Å². The van der Waals surface area contributed by atoms with Crippen molar-refractivity contribution in [1.82, 2.24) is 0 Å². The van der Waals surface area contributed by atoms with Gasteiger partial charge in [-0.2, -0.15) is 0 Å². The summed E-state index contributed by atoms with van der Waals surface area (Å²) in [5, 5.41) is 8.53. The molecule has 2 heteroatoms. The Labute approximate surface area is 132 Å². The lowest BCUT2D eigenvalue weighted by Crippen LogP contribution is -1.94. The fraction of sp³-hybridized carbons (Fsp3) is 0.842. The number of hydrogen-bond acceptors (Lipinski definition) is 1. The summed E-state index contributed by atoms with van der Waals surface area (Å²) in [4.78, 5) is 10.4. The standard InChI is InChI=1S/C19H36O2/c1-3-4-5-6-9-12-15-18(2)16-13-10-7-8-11-14-17-19(20)21/h7,10,18H,3-6,8-9,11-17H2,1-2H3,(H,20,21)/b10-7+. The van der Waals surface area contributed by atoms with Crippen LogP contribution >= 0.6 is 0 Å². The Morgan fingerprint density at radius 3 is 2.29 bits per heavy atom. The van der Waals surface area contributed by atoms with Gasteiger partial charge in [-0.15, -0.1) is 0 Å². The van der Waals surface area contributed by atoms with Crippen LogP contribution < -0.4 is 0 Å². The summed E-state index contributed by atoms with van der Waals surface area (Å²) in [7, 11) is 0. The van der Waals surface area contributed by atoms with E-state index in [2.05, 4.69) is 26.0 Å². The predicted molar refractivity (Wildman–Crippen MR) is 91.6 cm³/mol. The number of carboxylic acids is 1. The molecule has 124 valence electrons. The van der Waals surface area contributed by atoms with Gasteiger partial charge in [0.05, 0.1) is 0 Å². The normalized spacial score (nSPS) is 12.9. The van der Waals surface area contributed by atoms with Crippen molar-refractivity contribution in [1.29, 1.82) is 0 Å². The minimum Gasteiger partial charge on any atom is -0.481 e. The van der Waals surface area contributed by atoms with Gasteiger partial charge in [-0.05, 0) is 38.0 Å². The van der Waals surface area contributed by atoms with E-state index in [9.17, 15) is 4.79 Å². The number of carboxylic acid groups (broad SMARTS) is 1. The van der Waals surface area contributed by atoms with E-state index in [4.69, 9.17) is 5.11 Å². The summed E-state index contributed by atoms with van der Waals surface area (Å²) in [6.07, 6.45) is 19.8. The van der Waals surface area contributed by atoms with Crippen LogP contribution in [-0.2, 0) is 4.79 Å². The number of unbranched alkanes of at least 4 members (excludes halogenated alkanes) is 7. The molecule has 0 fully saturated rings. The second-order valence-electron chi connectivity index (χ2n) is 6.35. The number of allylic oxidation sites excluding steroid dienone is 2. The first-order valence-corrected chi connectivity index (χ1v) is 9.03. The average molecular weight is 296 g/mol. The molecule has 1 N–H and O–H groups in total. The maximum absolute atomic E-state index is 10.4. The van der Waals surface area contributed by atoms with E-state index in [0.29, 0.717) is 6.42 Å². The third kappa shape index (κ3) is 17.2. The zero-order valence-corrected chi connectivity index (χ0v) is 14.3. The fourth-order valence-electron chi connectivity index (χ4n) is 2.57. The molecule has 1 unspecified atom stereocenters. The van der Waals surface area contributed by atoms with Crippen LogP contribution in [0, 0.1) is 5.92 Å². The second-order valence-corrected chi connectivity index (χ2v) is 6.35. The van der Waals surface area contributed by atoms with Crippen molar-refractivity contribution in [2.24, 2.45) is 5.92 Å². The lowest BCUT2D eigenvalue weighted by Gasteiger charge is -2.09. The SMILES string of the molecule is CCCCCCCCC(C)CC/C=C/CCCCC(=O)O. The summed E-state index contributed by atoms with van der Waals surface area (Å²) < 4.78 is 0.